The summed E-state index contributed by atoms with van der Waals surface area (Å²) in [6.07, 6.45) is -0.469. The van der Waals surface area contributed by atoms with E-state index in [1.165, 1.54) is 33.8 Å². The molecule has 0 aromatic heterocycles. The van der Waals surface area contributed by atoms with Gasteiger partial charge in [0.05, 0.1) is 25.8 Å². The van der Waals surface area contributed by atoms with E-state index in [9.17, 15) is 18.8 Å². The number of hydrogen-bond acceptors (Lipinski definition) is 4. The molecule has 8 heteroatoms. The van der Waals surface area contributed by atoms with Crippen LogP contribution in [0.25, 0.3) is 0 Å². The van der Waals surface area contributed by atoms with E-state index in [2.05, 4.69) is 0 Å². The van der Waals surface area contributed by atoms with Crippen LogP contribution in [-0.2, 0) is 25.7 Å². The van der Waals surface area contributed by atoms with Crippen molar-refractivity contribution in [2.75, 3.05) is 40.3 Å². The summed E-state index contributed by atoms with van der Waals surface area (Å²) >= 11 is 0. The average Bonchev–Trinajstić information content (AvgIpc) is 2.72. The number of benzene rings is 1. The van der Waals surface area contributed by atoms with Crippen LogP contribution in [0.1, 0.15) is 12.5 Å². The van der Waals surface area contributed by atoms with Crippen LogP contribution in [0.5, 0.6) is 0 Å². The Bertz CT molecular complexity index is 680. The number of likely N-dealkylation sites (N-methyl/N-ethyl adjacent to an activating group) is 1. The lowest BCUT2D eigenvalue weighted by atomic mass is 10.2. The van der Waals surface area contributed by atoms with Crippen molar-refractivity contribution in [2.45, 2.75) is 19.6 Å². The molecule has 3 amide bonds. The highest BCUT2D eigenvalue weighted by Crippen LogP contribution is 2.12. The zero-order valence-electron chi connectivity index (χ0n) is 15.3. The second-order valence-corrected chi connectivity index (χ2v) is 6.52. The number of nitrogens with zero attached hydrogens (tertiary/aromatic N) is 3. The molecule has 1 saturated heterocycles. The molecule has 0 aliphatic carbocycles. The molecule has 142 valence electrons. The van der Waals surface area contributed by atoms with Crippen molar-refractivity contribution in [1.29, 1.82) is 0 Å². The van der Waals surface area contributed by atoms with Crippen LogP contribution >= 0.6 is 0 Å². The number of carbonyl (C=O) groups is 3. The molecule has 1 aliphatic heterocycles. The van der Waals surface area contributed by atoms with Crippen LogP contribution < -0.4 is 0 Å². The van der Waals surface area contributed by atoms with Crippen molar-refractivity contribution in [3.05, 3.63) is 35.6 Å². The predicted octanol–water partition coefficient (Wildman–Crippen LogP) is 0.490. The van der Waals surface area contributed by atoms with E-state index >= 15 is 0 Å². The molecule has 1 fully saturated rings. The molecule has 1 heterocycles. The molecule has 1 atom stereocenters. The summed E-state index contributed by atoms with van der Waals surface area (Å²) in [6, 6.07) is 6.05. The Balaban J connectivity index is 2.09. The summed E-state index contributed by atoms with van der Waals surface area (Å²) in [4.78, 5) is 40.4. The summed E-state index contributed by atoms with van der Waals surface area (Å²) < 4.78 is 19.1. The minimum atomic E-state index is -0.469. The normalized spacial score (nSPS) is 17.8. The van der Waals surface area contributed by atoms with E-state index < -0.39 is 6.10 Å². The van der Waals surface area contributed by atoms with E-state index in [4.69, 9.17) is 4.74 Å². The molecule has 1 aliphatic rings. The van der Waals surface area contributed by atoms with Crippen molar-refractivity contribution < 1.29 is 23.5 Å². The van der Waals surface area contributed by atoms with Gasteiger partial charge in [-0.25, -0.2) is 4.39 Å². The third kappa shape index (κ3) is 5.52. The standard InChI is InChI=1S/C18H24FN3O4/c1-13(23)21-8-16(26-12-14-5-4-6-15(19)7-14)9-22(18(25)11-21)10-17(24)20(2)3/h4-7,16H,8-12H2,1-3H3. The van der Waals surface area contributed by atoms with E-state index in [0.717, 1.165) is 0 Å². The molecular weight excluding hydrogens is 341 g/mol. The number of amides is 3. The molecule has 0 spiro atoms. The fraction of sp³-hybridized carbons (Fsp3) is 0.500. The molecule has 26 heavy (non-hydrogen) atoms. The first-order chi connectivity index (χ1) is 12.3. The lowest BCUT2D eigenvalue weighted by molar-refractivity contribution is -0.141. The van der Waals surface area contributed by atoms with Crippen LogP contribution in [0.4, 0.5) is 4.39 Å². The Morgan fingerprint density at radius 3 is 2.65 bits per heavy atom. The largest absolute Gasteiger partial charge is 0.370 e. The van der Waals surface area contributed by atoms with E-state index in [1.54, 1.807) is 26.2 Å². The van der Waals surface area contributed by atoms with Crippen molar-refractivity contribution in [1.82, 2.24) is 14.7 Å². The lowest BCUT2D eigenvalue weighted by Gasteiger charge is -2.25. The smallest absolute Gasteiger partial charge is 0.242 e. The maximum absolute atomic E-state index is 13.3. The molecule has 0 N–H and O–H groups in total. The molecule has 7 nitrogen and oxygen atoms in total. The van der Waals surface area contributed by atoms with Gasteiger partial charge in [0, 0.05) is 34.1 Å². The van der Waals surface area contributed by atoms with Gasteiger partial charge in [0.2, 0.25) is 17.7 Å². The lowest BCUT2D eigenvalue weighted by Crippen LogP contribution is -2.44. The molecule has 1 aromatic rings. The Morgan fingerprint density at radius 2 is 2.04 bits per heavy atom. The first-order valence-corrected chi connectivity index (χ1v) is 8.35. The molecule has 0 radical (unpaired) electrons. The van der Waals surface area contributed by atoms with Gasteiger partial charge in [0.15, 0.2) is 0 Å². The van der Waals surface area contributed by atoms with Gasteiger partial charge in [-0.2, -0.15) is 0 Å². The van der Waals surface area contributed by atoms with Gasteiger partial charge >= 0.3 is 0 Å². The van der Waals surface area contributed by atoms with E-state index in [0.29, 0.717) is 5.56 Å². The highest BCUT2D eigenvalue weighted by atomic mass is 19.1. The number of carbonyl (C=O) groups excluding carboxylic acids is 3. The third-order valence-corrected chi connectivity index (χ3v) is 4.17. The Morgan fingerprint density at radius 1 is 1.31 bits per heavy atom. The second kappa shape index (κ2) is 8.75. The Kier molecular flexibility index (Phi) is 6.68. The van der Waals surface area contributed by atoms with Gasteiger partial charge in [0.25, 0.3) is 0 Å². The molecule has 0 saturated carbocycles. The minimum absolute atomic E-state index is 0.0720. The van der Waals surface area contributed by atoms with Gasteiger partial charge in [-0.1, -0.05) is 12.1 Å². The van der Waals surface area contributed by atoms with Crippen molar-refractivity contribution in [3.63, 3.8) is 0 Å². The van der Waals surface area contributed by atoms with Crippen LogP contribution in [0.3, 0.4) is 0 Å². The van der Waals surface area contributed by atoms with Crippen molar-refractivity contribution in [3.8, 4) is 0 Å². The van der Waals surface area contributed by atoms with E-state index in [-0.39, 0.29) is 56.3 Å². The average molecular weight is 365 g/mol. The number of rotatable bonds is 5. The highest BCUT2D eigenvalue weighted by molar-refractivity contribution is 5.88. The minimum Gasteiger partial charge on any atom is -0.370 e. The predicted molar refractivity (Wildman–Crippen MR) is 92.5 cm³/mol. The Hall–Kier alpha value is -2.48. The topological polar surface area (TPSA) is 70.2 Å². The molecule has 1 unspecified atom stereocenters. The van der Waals surface area contributed by atoms with Gasteiger partial charge in [-0.3, -0.25) is 14.4 Å². The Labute approximate surface area is 152 Å². The molecule has 0 bridgehead atoms. The fourth-order valence-corrected chi connectivity index (χ4v) is 2.62. The quantitative estimate of drug-likeness (QED) is 0.762. The highest BCUT2D eigenvalue weighted by Gasteiger charge is 2.30. The molecule has 1 aromatic carbocycles. The van der Waals surface area contributed by atoms with E-state index in [1.807, 2.05) is 0 Å². The zero-order valence-corrected chi connectivity index (χ0v) is 15.3. The van der Waals surface area contributed by atoms with Crippen LogP contribution in [0, 0.1) is 5.82 Å². The van der Waals surface area contributed by atoms with Gasteiger partial charge in [0.1, 0.15) is 5.82 Å². The summed E-state index contributed by atoms with van der Waals surface area (Å²) in [5.74, 6) is -1.10. The summed E-state index contributed by atoms with van der Waals surface area (Å²) in [7, 11) is 3.23. The third-order valence-electron chi connectivity index (χ3n) is 4.17. The zero-order chi connectivity index (χ0) is 19.3. The maximum atomic E-state index is 13.3. The van der Waals surface area contributed by atoms with Crippen LogP contribution in [-0.4, -0.2) is 78.8 Å². The van der Waals surface area contributed by atoms with Gasteiger partial charge in [-0.05, 0) is 17.7 Å². The molecular formula is C18H24FN3O4. The number of hydrogen-bond donors (Lipinski definition) is 0. The fourth-order valence-electron chi connectivity index (χ4n) is 2.62. The van der Waals surface area contributed by atoms with Crippen LogP contribution in [0.2, 0.25) is 0 Å². The first-order valence-electron chi connectivity index (χ1n) is 8.35. The summed E-state index contributed by atoms with van der Waals surface area (Å²) in [6.45, 7) is 1.81. The first kappa shape index (κ1) is 19.8. The second-order valence-electron chi connectivity index (χ2n) is 6.52. The maximum Gasteiger partial charge on any atom is 0.242 e. The monoisotopic (exact) mass is 365 g/mol. The summed E-state index contributed by atoms with van der Waals surface area (Å²) in [5.41, 5.74) is 0.658. The van der Waals surface area contributed by atoms with Crippen molar-refractivity contribution >= 4 is 17.7 Å². The number of halogens is 1. The SMILES string of the molecule is CC(=O)N1CC(=O)N(CC(=O)N(C)C)CC(OCc2cccc(F)c2)C1. The van der Waals surface area contributed by atoms with Gasteiger partial charge < -0.3 is 19.4 Å². The number of ether oxygens (including phenoxy) is 1. The summed E-state index contributed by atoms with van der Waals surface area (Å²) in [5, 5.41) is 0. The molecule has 2 rings (SSSR count). The van der Waals surface area contributed by atoms with Gasteiger partial charge in [-0.15, -0.1) is 0 Å². The van der Waals surface area contributed by atoms with Crippen LogP contribution in [0.15, 0.2) is 24.3 Å². The van der Waals surface area contributed by atoms with Crippen molar-refractivity contribution in [2.24, 2.45) is 0 Å².